The van der Waals surface area contributed by atoms with Gasteiger partial charge in [0.05, 0.1) is 0 Å². The highest BCUT2D eigenvalue weighted by molar-refractivity contribution is 5.87. The summed E-state index contributed by atoms with van der Waals surface area (Å²) in [5.74, 6) is 2.05. The fourth-order valence-corrected chi connectivity index (χ4v) is 3.90. The molecule has 0 heterocycles. The number of hydrogen-bond donors (Lipinski definition) is 0. The number of carbonyl (C=O) groups is 1. The number of Topliss-reactive ketones (excluding diaryl/α,β-unsaturated/α-hetero) is 1. The zero-order chi connectivity index (χ0) is 9.85. The Balaban J connectivity index is 2.23. The third-order valence-corrected chi connectivity index (χ3v) is 5.27. The van der Waals surface area contributed by atoms with Crippen LogP contribution in [-0.4, -0.2) is 5.78 Å². The molecule has 0 radical (unpaired) electrons. The number of carbonyl (C=O) groups excluding carboxylic acids is 1. The van der Waals surface area contributed by atoms with E-state index >= 15 is 0 Å². The van der Waals surface area contributed by atoms with Gasteiger partial charge in [-0.25, -0.2) is 0 Å². The Hall–Kier alpha value is -0.330. The monoisotopic (exact) mass is 180 g/mol. The molecule has 74 valence electrons. The topological polar surface area (TPSA) is 17.1 Å². The van der Waals surface area contributed by atoms with E-state index in [4.69, 9.17) is 0 Å². The minimum absolute atomic E-state index is 0.0422. The molecule has 2 aliphatic rings. The summed E-state index contributed by atoms with van der Waals surface area (Å²) >= 11 is 0. The lowest BCUT2D eigenvalue weighted by atomic mass is 9.54. The Bertz CT molecular complexity index is 248. The van der Waals surface area contributed by atoms with Crippen LogP contribution in [-0.2, 0) is 4.79 Å². The van der Waals surface area contributed by atoms with Gasteiger partial charge in [-0.15, -0.1) is 0 Å². The molecule has 0 amide bonds. The second-order valence-corrected chi connectivity index (χ2v) is 5.23. The number of hydrogen-bond acceptors (Lipinski definition) is 1. The van der Waals surface area contributed by atoms with Crippen molar-refractivity contribution < 1.29 is 4.79 Å². The van der Waals surface area contributed by atoms with Gasteiger partial charge in [-0.2, -0.15) is 0 Å². The molecular formula is C12H20O. The summed E-state index contributed by atoms with van der Waals surface area (Å²) in [5, 5.41) is 0. The van der Waals surface area contributed by atoms with E-state index in [0.29, 0.717) is 11.2 Å². The molecule has 0 saturated heterocycles. The lowest BCUT2D eigenvalue weighted by Crippen LogP contribution is -2.47. The average Bonchev–Trinajstić information content (AvgIpc) is 2.68. The first-order valence-corrected chi connectivity index (χ1v) is 5.54. The molecule has 0 aromatic heterocycles. The van der Waals surface area contributed by atoms with E-state index in [1.165, 1.54) is 6.42 Å². The minimum atomic E-state index is 0.0422. The van der Waals surface area contributed by atoms with E-state index in [1.807, 2.05) is 6.92 Å². The maximum Gasteiger partial charge on any atom is 0.139 e. The van der Waals surface area contributed by atoms with E-state index in [9.17, 15) is 4.79 Å². The van der Waals surface area contributed by atoms with Crippen molar-refractivity contribution in [3.8, 4) is 0 Å². The van der Waals surface area contributed by atoms with Crippen molar-refractivity contribution in [2.75, 3.05) is 0 Å². The van der Waals surface area contributed by atoms with E-state index in [2.05, 4.69) is 20.8 Å². The average molecular weight is 180 g/mol. The van der Waals surface area contributed by atoms with Crippen LogP contribution in [0.4, 0.5) is 0 Å². The summed E-state index contributed by atoms with van der Waals surface area (Å²) in [7, 11) is 0. The van der Waals surface area contributed by atoms with Crippen LogP contribution in [0, 0.1) is 22.7 Å². The second-order valence-electron chi connectivity index (χ2n) is 5.23. The largest absolute Gasteiger partial charge is 0.299 e. The normalized spacial score (nSPS) is 53.2. The summed E-state index contributed by atoms with van der Waals surface area (Å²) in [6.45, 7) is 8.82. The van der Waals surface area contributed by atoms with Crippen LogP contribution in [0.3, 0.4) is 0 Å². The molecule has 1 spiro atoms. The number of ketones is 1. The maximum atomic E-state index is 11.9. The minimum Gasteiger partial charge on any atom is -0.299 e. The van der Waals surface area contributed by atoms with Gasteiger partial charge < -0.3 is 0 Å². The first-order valence-electron chi connectivity index (χ1n) is 5.54. The van der Waals surface area contributed by atoms with Gasteiger partial charge in [0.25, 0.3) is 0 Å². The van der Waals surface area contributed by atoms with Crippen molar-refractivity contribution in [3.05, 3.63) is 0 Å². The molecule has 0 N–H and O–H groups in total. The van der Waals surface area contributed by atoms with E-state index in [0.717, 1.165) is 24.7 Å². The van der Waals surface area contributed by atoms with E-state index in [-0.39, 0.29) is 5.41 Å². The molecule has 0 aromatic rings. The van der Waals surface area contributed by atoms with Gasteiger partial charge in [0.2, 0.25) is 0 Å². The summed E-state index contributed by atoms with van der Waals surface area (Å²) < 4.78 is 0. The van der Waals surface area contributed by atoms with Crippen molar-refractivity contribution in [2.45, 2.75) is 47.0 Å². The molecule has 3 unspecified atom stereocenters. The van der Waals surface area contributed by atoms with Gasteiger partial charge in [-0.1, -0.05) is 27.7 Å². The molecule has 2 saturated carbocycles. The molecule has 2 fully saturated rings. The standard InChI is InChI=1S/C12H20O/c1-5-10(13)11(4)6-7-12(11)8(2)9(12)3/h8-9H,5-7H2,1-4H3. The van der Waals surface area contributed by atoms with Crippen LogP contribution in [0.2, 0.25) is 0 Å². The van der Waals surface area contributed by atoms with Crippen molar-refractivity contribution in [3.63, 3.8) is 0 Å². The summed E-state index contributed by atoms with van der Waals surface area (Å²) in [4.78, 5) is 11.9. The molecule has 0 aromatic carbocycles. The molecule has 0 aliphatic heterocycles. The van der Waals surface area contributed by atoms with Gasteiger partial charge in [-0.3, -0.25) is 4.79 Å². The Labute approximate surface area is 80.9 Å². The van der Waals surface area contributed by atoms with Crippen molar-refractivity contribution in [2.24, 2.45) is 22.7 Å². The first kappa shape index (κ1) is 9.23. The second kappa shape index (κ2) is 2.37. The van der Waals surface area contributed by atoms with Gasteiger partial charge in [-0.05, 0) is 30.1 Å². The predicted molar refractivity (Wildman–Crippen MR) is 53.4 cm³/mol. The zero-order valence-electron chi connectivity index (χ0n) is 9.18. The zero-order valence-corrected chi connectivity index (χ0v) is 9.18. The van der Waals surface area contributed by atoms with E-state index < -0.39 is 0 Å². The highest BCUT2D eigenvalue weighted by Gasteiger charge is 2.74. The van der Waals surface area contributed by atoms with Crippen molar-refractivity contribution in [1.82, 2.24) is 0 Å². The molecular weight excluding hydrogens is 160 g/mol. The first-order chi connectivity index (χ1) is 6.00. The predicted octanol–water partition coefficient (Wildman–Crippen LogP) is 3.04. The van der Waals surface area contributed by atoms with Crippen LogP contribution < -0.4 is 0 Å². The summed E-state index contributed by atoms with van der Waals surface area (Å²) in [5.41, 5.74) is 0.459. The lowest BCUT2D eigenvalue weighted by molar-refractivity contribution is -0.141. The van der Waals surface area contributed by atoms with E-state index in [1.54, 1.807) is 0 Å². The fraction of sp³-hybridized carbons (Fsp3) is 0.917. The third kappa shape index (κ3) is 0.769. The Morgan fingerprint density at radius 3 is 2.08 bits per heavy atom. The maximum absolute atomic E-state index is 11.9. The highest BCUT2D eigenvalue weighted by Crippen LogP contribution is 2.78. The quantitative estimate of drug-likeness (QED) is 0.638. The van der Waals surface area contributed by atoms with Crippen LogP contribution in [0.5, 0.6) is 0 Å². The molecule has 13 heavy (non-hydrogen) atoms. The molecule has 3 atom stereocenters. The Morgan fingerprint density at radius 2 is 1.85 bits per heavy atom. The van der Waals surface area contributed by atoms with Crippen LogP contribution in [0.1, 0.15) is 47.0 Å². The van der Waals surface area contributed by atoms with Crippen molar-refractivity contribution in [1.29, 1.82) is 0 Å². The Morgan fingerprint density at radius 1 is 1.31 bits per heavy atom. The van der Waals surface area contributed by atoms with Gasteiger partial charge >= 0.3 is 0 Å². The highest BCUT2D eigenvalue weighted by atomic mass is 16.1. The smallest absolute Gasteiger partial charge is 0.139 e. The Kier molecular flexibility index (Phi) is 1.68. The molecule has 0 bridgehead atoms. The molecule has 1 heteroatoms. The SMILES string of the molecule is CCC(=O)C1(C)CCC12C(C)C2C. The fourth-order valence-electron chi connectivity index (χ4n) is 3.90. The molecule has 1 nitrogen and oxygen atoms in total. The van der Waals surface area contributed by atoms with Crippen molar-refractivity contribution >= 4 is 5.78 Å². The molecule has 2 aliphatic carbocycles. The summed E-state index contributed by atoms with van der Waals surface area (Å²) in [6, 6.07) is 0. The van der Waals surface area contributed by atoms with Gasteiger partial charge in [0.1, 0.15) is 5.78 Å². The van der Waals surface area contributed by atoms with Gasteiger partial charge in [0.15, 0.2) is 0 Å². The molecule has 2 rings (SSSR count). The lowest BCUT2D eigenvalue weighted by Gasteiger charge is -2.48. The summed E-state index contributed by atoms with van der Waals surface area (Å²) in [6.07, 6.45) is 3.14. The van der Waals surface area contributed by atoms with Crippen LogP contribution in [0.25, 0.3) is 0 Å². The third-order valence-electron chi connectivity index (χ3n) is 5.27. The van der Waals surface area contributed by atoms with Crippen LogP contribution >= 0.6 is 0 Å². The number of rotatable bonds is 2. The van der Waals surface area contributed by atoms with Gasteiger partial charge in [0, 0.05) is 11.8 Å². The van der Waals surface area contributed by atoms with Crippen LogP contribution in [0.15, 0.2) is 0 Å².